The molecule has 1 aromatic carbocycles. The minimum Gasteiger partial charge on any atom is -0.453 e. The molecule has 7 heteroatoms. The second-order valence-corrected chi connectivity index (χ2v) is 5.64. The normalized spacial score (nSPS) is 10.7. The van der Waals surface area contributed by atoms with Gasteiger partial charge in [0.05, 0.1) is 11.1 Å². The molecule has 5 nitrogen and oxygen atoms in total. The minimum atomic E-state index is -0.549. The highest BCUT2D eigenvalue weighted by Gasteiger charge is 2.10. The van der Waals surface area contributed by atoms with E-state index in [2.05, 4.69) is 15.3 Å². The van der Waals surface area contributed by atoms with Gasteiger partial charge in [0.1, 0.15) is 11.4 Å². The van der Waals surface area contributed by atoms with Gasteiger partial charge in [-0.05, 0) is 30.5 Å². The summed E-state index contributed by atoms with van der Waals surface area (Å²) in [5.74, 6) is 0.194. The van der Waals surface area contributed by atoms with Crippen LogP contribution in [0.1, 0.15) is 0 Å². The Morgan fingerprint density at radius 3 is 3.00 bits per heavy atom. The molecule has 0 aliphatic rings. The lowest BCUT2D eigenvalue weighted by atomic mass is 10.2. The number of fused-ring (bicyclic) bond motifs is 1. The molecule has 118 valence electrons. The lowest BCUT2D eigenvalue weighted by Gasteiger charge is -2.10. The van der Waals surface area contributed by atoms with Gasteiger partial charge in [-0.3, -0.25) is 4.79 Å². The molecule has 0 saturated carbocycles. The molecule has 0 atom stereocenters. The highest BCUT2D eigenvalue weighted by Crippen LogP contribution is 2.30. The van der Waals surface area contributed by atoms with E-state index >= 15 is 0 Å². The molecule has 3 rings (SSSR count). The van der Waals surface area contributed by atoms with Crippen LogP contribution >= 0.6 is 11.8 Å². The highest BCUT2D eigenvalue weighted by molar-refractivity contribution is 7.99. The topological polar surface area (TPSA) is 67.0 Å². The van der Waals surface area contributed by atoms with Gasteiger partial charge >= 0.3 is 0 Å². The summed E-state index contributed by atoms with van der Waals surface area (Å²) in [5, 5.41) is 3.40. The van der Waals surface area contributed by atoms with E-state index in [0.29, 0.717) is 22.8 Å². The van der Waals surface area contributed by atoms with E-state index in [1.807, 2.05) is 12.3 Å². The number of carbonyl (C=O) groups excluding carboxylic acids is 1. The Bertz CT molecular complexity index is 850. The summed E-state index contributed by atoms with van der Waals surface area (Å²) in [6.45, 7) is 0. The van der Waals surface area contributed by atoms with Gasteiger partial charge in [-0.1, -0.05) is 0 Å². The summed E-state index contributed by atoms with van der Waals surface area (Å²) < 4.78 is 19.8. The second kappa shape index (κ2) is 6.70. The molecule has 0 spiro atoms. The summed E-state index contributed by atoms with van der Waals surface area (Å²) in [4.78, 5) is 18.6. The van der Waals surface area contributed by atoms with Gasteiger partial charge in [0.25, 0.3) is 0 Å². The van der Waals surface area contributed by atoms with E-state index in [4.69, 9.17) is 4.74 Å². The number of hydrogen-bond donors (Lipinski definition) is 2. The van der Waals surface area contributed by atoms with E-state index in [1.165, 1.54) is 23.9 Å². The number of halogens is 1. The van der Waals surface area contributed by atoms with Crippen LogP contribution in [0.4, 0.5) is 10.1 Å². The molecule has 0 aliphatic carbocycles. The number of aromatic nitrogens is 2. The van der Waals surface area contributed by atoms with Gasteiger partial charge in [-0.25, -0.2) is 9.37 Å². The van der Waals surface area contributed by atoms with Crippen molar-refractivity contribution in [3.05, 3.63) is 48.5 Å². The fraction of sp³-hybridized carbons (Fsp3) is 0.125. The predicted molar refractivity (Wildman–Crippen MR) is 89.6 cm³/mol. The smallest absolute Gasteiger partial charge is 0.234 e. The highest BCUT2D eigenvalue weighted by atomic mass is 32.2. The number of anilines is 1. The van der Waals surface area contributed by atoms with E-state index in [9.17, 15) is 9.18 Å². The Morgan fingerprint density at radius 1 is 1.35 bits per heavy atom. The maximum atomic E-state index is 14.2. The Kier molecular flexibility index (Phi) is 4.47. The first-order valence-electron chi connectivity index (χ1n) is 6.85. The largest absolute Gasteiger partial charge is 0.453 e. The number of rotatable bonds is 5. The van der Waals surface area contributed by atoms with Crippen molar-refractivity contribution in [2.75, 3.05) is 17.3 Å². The third kappa shape index (κ3) is 3.45. The van der Waals surface area contributed by atoms with Crippen LogP contribution in [0.15, 0.2) is 42.7 Å². The van der Waals surface area contributed by atoms with Crippen LogP contribution in [-0.2, 0) is 4.79 Å². The third-order valence-corrected chi connectivity index (χ3v) is 3.68. The van der Waals surface area contributed by atoms with Crippen molar-refractivity contribution in [3.63, 3.8) is 0 Å². The molecule has 0 aliphatic heterocycles. The van der Waals surface area contributed by atoms with E-state index in [0.717, 1.165) is 5.39 Å². The zero-order chi connectivity index (χ0) is 16.2. The number of carbonyl (C=O) groups is 1. The Hall–Kier alpha value is -2.54. The second-order valence-electron chi connectivity index (χ2n) is 4.78. The summed E-state index contributed by atoms with van der Waals surface area (Å²) in [5.41, 5.74) is 1.07. The summed E-state index contributed by atoms with van der Waals surface area (Å²) >= 11 is 1.40. The van der Waals surface area contributed by atoms with Crippen LogP contribution in [0.2, 0.25) is 0 Å². The van der Waals surface area contributed by atoms with Crippen LogP contribution in [0, 0.1) is 5.82 Å². The lowest BCUT2D eigenvalue weighted by molar-refractivity contribution is -0.113. The molecule has 0 radical (unpaired) electrons. The zero-order valence-electron chi connectivity index (χ0n) is 12.3. The van der Waals surface area contributed by atoms with Crippen molar-refractivity contribution in [1.29, 1.82) is 0 Å². The predicted octanol–water partition coefficient (Wildman–Crippen LogP) is 3.80. The molecule has 2 aromatic heterocycles. The molecule has 0 saturated heterocycles. The molecule has 23 heavy (non-hydrogen) atoms. The van der Waals surface area contributed by atoms with Crippen molar-refractivity contribution in [3.8, 4) is 11.5 Å². The fourth-order valence-electron chi connectivity index (χ4n) is 2.13. The number of hydrogen-bond acceptors (Lipinski definition) is 4. The molecule has 2 N–H and O–H groups in total. The average Bonchev–Trinajstić information content (AvgIpc) is 2.99. The molecule has 0 fully saturated rings. The fourth-order valence-corrected chi connectivity index (χ4v) is 2.47. The number of nitrogens with one attached hydrogen (secondary N) is 2. The van der Waals surface area contributed by atoms with Gasteiger partial charge < -0.3 is 15.0 Å². The van der Waals surface area contributed by atoms with Crippen LogP contribution in [0.25, 0.3) is 11.0 Å². The summed E-state index contributed by atoms with van der Waals surface area (Å²) in [6.07, 6.45) is 5.15. The van der Waals surface area contributed by atoms with E-state index in [1.54, 1.807) is 24.5 Å². The van der Waals surface area contributed by atoms with Crippen LogP contribution in [0.3, 0.4) is 0 Å². The first-order chi connectivity index (χ1) is 11.2. The number of amides is 1. The van der Waals surface area contributed by atoms with Crippen LogP contribution in [0.5, 0.6) is 11.5 Å². The minimum absolute atomic E-state index is 0.0848. The van der Waals surface area contributed by atoms with Crippen molar-refractivity contribution in [2.24, 2.45) is 0 Å². The Balaban J connectivity index is 1.81. The third-order valence-electron chi connectivity index (χ3n) is 3.13. The SMILES string of the molecule is CSCC(=O)Nc1ccc(Oc2ccnc3[nH]ccc23)c(F)c1. The quantitative estimate of drug-likeness (QED) is 0.746. The van der Waals surface area contributed by atoms with Crippen molar-refractivity contribution < 1.29 is 13.9 Å². The first-order valence-corrected chi connectivity index (χ1v) is 8.25. The Labute approximate surface area is 136 Å². The number of benzene rings is 1. The molecular weight excluding hydrogens is 317 g/mol. The van der Waals surface area contributed by atoms with Gasteiger partial charge in [0, 0.05) is 24.1 Å². The molecule has 2 heterocycles. The summed E-state index contributed by atoms with van der Waals surface area (Å²) in [6, 6.07) is 7.81. The molecule has 3 aromatic rings. The van der Waals surface area contributed by atoms with Crippen LogP contribution < -0.4 is 10.1 Å². The van der Waals surface area contributed by atoms with E-state index in [-0.39, 0.29) is 11.7 Å². The van der Waals surface area contributed by atoms with E-state index < -0.39 is 5.82 Å². The molecule has 1 amide bonds. The van der Waals surface area contributed by atoms with Crippen molar-refractivity contribution in [2.45, 2.75) is 0 Å². The number of pyridine rings is 1. The van der Waals surface area contributed by atoms with Crippen molar-refractivity contribution >= 4 is 34.4 Å². The maximum Gasteiger partial charge on any atom is 0.234 e. The molecule has 0 bridgehead atoms. The van der Waals surface area contributed by atoms with Crippen molar-refractivity contribution in [1.82, 2.24) is 9.97 Å². The molecule has 0 unspecified atom stereocenters. The first kappa shape index (κ1) is 15.4. The molecular formula is C16H14FN3O2S. The maximum absolute atomic E-state index is 14.2. The zero-order valence-corrected chi connectivity index (χ0v) is 13.1. The Morgan fingerprint density at radius 2 is 2.22 bits per heavy atom. The number of ether oxygens (including phenoxy) is 1. The number of nitrogens with zero attached hydrogens (tertiary/aromatic N) is 1. The van der Waals surface area contributed by atoms with Gasteiger partial charge in [0.2, 0.25) is 5.91 Å². The van der Waals surface area contributed by atoms with Crippen LogP contribution in [-0.4, -0.2) is 27.9 Å². The lowest BCUT2D eigenvalue weighted by Crippen LogP contribution is -2.13. The standard InChI is InChI=1S/C16H14FN3O2S/c1-23-9-15(21)20-10-2-3-14(12(17)8-10)22-13-5-7-19-16-11(13)4-6-18-16/h2-8H,9H2,1H3,(H,18,19)(H,20,21). The number of aromatic amines is 1. The van der Waals surface area contributed by atoms with Gasteiger partial charge in [-0.15, -0.1) is 0 Å². The van der Waals surface area contributed by atoms with Gasteiger partial charge in [-0.2, -0.15) is 11.8 Å². The summed E-state index contributed by atoms with van der Waals surface area (Å²) in [7, 11) is 0. The number of H-pyrrole nitrogens is 1. The average molecular weight is 331 g/mol. The number of thioether (sulfide) groups is 1. The monoisotopic (exact) mass is 331 g/mol. The van der Waals surface area contributed by atoms with Gasteiger partial charge in [0.15, 0.2) is 11.6 Å².